The highest BCUT2D eigenvalue weighted by atomic mass is 32.2. The molecule has 0 saturated carbocycles. The summed E-state index contributed by atoms with van der Waals surface area (Å²) < 4.78 is 31.9. The Labute approximate surface area is 147 Å². The lowest BCUT2D eigenvalue weighted by Crippen LogP contribution is -2.51. The molecule has 0 rings (SSSR count). The Balaban J connectivity index is 4.76. The smallest absolute Gasteiger partial charge is 0.265 e. The maximum Gasteiger partial charge on any atom is 0.265 e. The normalized spacial score (nSPS) is 12.1. The van der Waals surface area contributed by atoms with Crippen LogP contribution in [-0.2, 0) is 14.9 Å². The molecule has 0 aromatic carbocycles. The number of carbonyl (C=O) groups excluding carboxylic acids is 1. The van der Waals surface area contributed by atoms with Crippen molar-refractivity contribution in [2.24, 2.45) is 0 Å². The maximum atomic E-state index is 11.2. The van der Waals surface area contributed by atoms with Crippen LogP contribution in [-0.4, -0.2) is 61.8 Å². The Hall–Kier alpha value is -0.920. The van der Waals surface area contributed by atoms with E-state index in [0.29, 0.717) is 13.0 Å². The number of nitrogens with one attached hydrogen (secondary N) is 1. The first-order valence-corrected chi connectivity index (χ1v) is 10.6. The van der Waals surface area contributed by atoms with Crippen LogP contribution in [0.5, 0.6) is 0 Å². The average molecular weight is 364 g/mol. The lowest BCUT2D eigenvalue weighted by atomic mass is 10.1. The van der Waals surface area contributed by atoms with Crippen molar-refractivity contribution in [1.82, 2.24) is 5.32 Å². The molecule has 142 valence electrons. The van der Waals surface area contributed by atoms with Crippen molar-refractivity contribution in [3.63, 3.8) is 0 Å². The molecule has 2 N–H and O–H groups in total. The monoisotopic (exact) mass is 363 g/mol. The van der Waals surface area contributed by atoms with E-state index >= 15 is 0 Å². The van der Waals surface area contributed by atoms with E-state index in [1.807, 2.05) is 0 Å². The molecule has 0 aromatic heterocycles. The van der Waals surface area contributed by atoms with E-state index < -0.39 is 10.1 Å². The molecule has 0 aliphatic rings. The Morgan fingerprint density at radius 3 is 2.00 bits per heavy atom. The number of rotatable bonds is 15. The van der Waals surface area contributed by atoms with Gasteiger partial charge in [-0.2, -0.15) is 8.42 Å². The van der Waals surface area contributed by atoms with E-state index in [0.717, 1.165) is 62.8 Å². The van der Waals surface area contributed by atoms with E-state index in [1.165, 1.54) is 6.08 Å². The summed E-state index contributed by atoms with van der Waals surface area (Å²) in [7, 11) is -3.91. The zero-order valence-corrected chi connectivity index (χ0v) is 16.1. The van der Waals surface area contributed by atoms with Crippen LogP contribution in [0.1, 0.15) is 52.4 Å². The molecule has 0 heterocycles. The maximum absolute atomic E-state index is 11.2. The van der Waals surface area contributed by atoms with Gasteiger partial charge in [0.25, 0.3) is 10.1 Å². The van der Waals surface area contributed by atoms with Crippen LogP contribution in [0.4, 0.5) is 0 Å². The van der Waals surface area contributed by atoms with E-state index in [2.05, 4.69) is 25.7 Å². The molecule has 0 bridgehead atoms. The second-order valence-corrected chi connectivity index (χ2v) is 8.00. The van der Waals surface area contributed by atoms with Crippen molar-refractivity contribution in [2.45, 2.75) is 52.4 Å². The zero-order valence-electron chi connectivity index (χ0n) is 15.3. The van der Waals surface area contributed by atoms with Gasteiger partial charge in [-0.3, -0.25) is 9.35 Å². The fourth-order valence-corrected chi connectivity index (χ4v) is 3.43. The van der Waals surface area contributed by atoms with E-state index in [9.17, 15) is 13.2 Å². The fourth-order valence-electron chi connectivity index (χ4n) is 2.94. The van der Waals surface area contributed by atoms with Gasteiger partial charge in [0.05, 0.1) is 31.9 Å². The Bertz CT molecular complexity index is 455. The summed E-state index contributed by atoms with van der Waals surface area (Å²) in [6.45, 7) is 12.0. The van der Waals surface area contributed by atoms with Crippen LogP contribution in [0.3, 0.4) is 0 Å². The summed E-state index contributed by atoms with van der Waals surface area (Å²) in [4.78, 5) is 11.2. The van der Waals surface area contributed by atoms with Crippen LogP contribution < -0.4 is 5.32 Å². The van der Waals surface area contributed by atoms with Crippen molar-refractivity contribution in [3.8, 4) is 0 Å². The Morgan fingerprint density at radius 2 is 1.54 bits per heavy atom. The van der Waals surface area contributed by atoms with E-state index in [1.54, 1.807) is 0 Å². The number of unbranched alkanes of at least 4 members (excludes halogenated alkanes) is 2. The second-order valence-electron chi connectivity index (χ2n) is 6.43. The SMILES string of the molecule is C=CC(=O)NCCC[N+](CCCC)(CCCC)CCCS(=O)(=O)O. The van der Waals surface area contributed by atoms with Gasteiger partial charge >= 0.3 is 0 Å². The molecule has 0 atom stereocenters. The minimum atomic E-state index is -3.91. The molecule has 6 nitrogen and oxygen atoms in total. The Morgan fingerprint density at radius 1 is 1.04 bits per heavy atom. The highest BCUT2D eigenvalue weighted by molar-refractivity contribution is 7.85. The molecule has 0 unspecified atom stereocenters. The minimum absolute atomic E-state index is 0.165. The average Bonchev–Trinajstić information content (AvgIpc) is 2.53. The number of nitrogens with zero attached hydrogens (tertiary/aromatic N) is 1. The molecule has 0 aliphatic carbocycles. The standard InChI is InChI=1S/C17H34N2O4S/c1-4-7-12-19(13-8-5-2,15-10-16-24(21,22)23)14-9-11-18-17(20)6-3/h6H,3-5,7-16H2,1-2H3,(H-,18,20,21,22,23)/p+1. The molecule has 7 heteroatoms. The predicted molar refractivity (Wildman–Crippen MR) is 98.4 cm³/mol. The number of carbonyl (C=O) groups is 1. The lowest BCUT2D eigenvalue weighted by Gasteiger charge is -2.39. The molecular formula is C17H35N2O4S+. The molecule has 0 radical (unpaired) electrons. The van der Waals surface area contributed by atoms with Gasteiger partial charge in [-0.05, 0) is 18.9 Å². The number of quaternary nitrogens is 1. The van der Waals surface area contributed by atoms with Crippen LogP contribution in [0, 0.1) is 0 Å². The summed E-state index contributed by atoms with van der Waals surface area (Å²) in [6.07, 6.45) is 6.95. The van der Waals surface area contributed by atoms with Crippen LogP contribution in [0.25, 0.3) is 0 Å². The summed E-state index contributed by atoms with van der Waals surface area (Å²) in [5, 5.41) is 2.79. The summed E-state index contributed by atoms with van der Waals surface area (Å²) in [5.41, 5.74) is 0. The molecule has 24 heavy (non-hydrogen) atoms. The molecule has 0 saturated heterocycles. The van der Waals surface area contributed by atoms with Gasteiger partial charge in [0, 0.05) is 19.4 Å². The third-order valence-electron chi connectivity index (χ3n) is 4.30. The van der Waals surface area contributed by atoms with Crippen molar-refractivity contribution >= 4 is 16.0 Å². The van der Waals surface area contributed by atoms with Gasteiger partial charge in [0.15, 0.2) is 0 Å². The minimum Gasteiger partial charge on any atom is -0.352 e. The molecule has 0 aromatic rings. The largest absolute Gasteiger partial charge is 0.352 e. The molecule has 0 fully saturated rings. The zero-order chi connectivity index (χ0) is 18.5. The van der Waals surface area contributed by atoms with Gasteiger partial charge in [-0.15, -0.1) is 0 Å². The topological polar surface area (TPSA) is 83.5 Å². The number of amides is 1. The third kappa shape index (κ3) is 11.6. The molecule has 1 amide bonds. The van der Waals surface area contributed by atoms with Gasteiger partial charge in [-0.25, -0.2) is 0 Å². The quantitative estimate of drug-likeness (QED) is 0.202. The van der Waals surface area contributed by atoms with Gasteiger partial charge < -0.3 is 9.80 Å². The van der Waals surface area contributed by atoms with Gasteiger partial charge in [0.2, 0.25) is 5.91 Å². The van der Waals surface area contributed by atoms with Crippen LogP contribution >= 0.6 is 0 Å². The van der Waals surface area contributed by atoms with E-state index in [4.69, 9.17) is 4.55 Å². The van der Waals surface area contributed by atoms with Gasteiger partial charge in [0.1, 0.15) is 0 Å². The first kappa shape index (κ1) is 23.1. The first-order chi connectivity index (χ1) is 11.3. The van der Waals surface area contributed by atoms with Crippen molar-refractivity contribution in [2.75, 3.05) is 38.5 Å². The van der Waals surface area contributed by atoms with Gasteiger partial charge in [-0.1, -0.05) is 33.3 Å². The molecule has 0 aliphatic heterocycles. The van der Waals surface area contributed by atoms with Crippen molar-refractivity contribution in [3.05, 3.63) is 12.7 Å². The molecular weight excluding hydrogens is 328 g/mol. The summed E-state index contributed by atoms with van der Waals surface area (Å²) in [6, 6.07) is 0. The first-order valence-electron chi connectivity index (χ1n) is 8.99. The number of hydrogen-bond donors (Lipinski definition) is 2. The van der Waals surface area contributed by atoms with Crippen molar-refractivity contribution in [1.29, 1.82) is 0 Å². The fraction of sp³-hybridized carbons (Fsp3) is 0.824. The lowest BCUT2D eigenvalue weighted by molar-refractivity contribution is -0.928. The molecule has 0 spiro atoms. The van der Waals surface area contributed by atoms with Crippen LogP contribution in [0.2, 0.25) is 0 Å². The van der Waals surface area contributed by atoms with Crippen LogP contribution in [0.15, 0.2) is 12.7 Å². The highest BCUT2D eigenvalue weighted by Crippen LogP contribution is 2.15. The highest BCUT2D eigenvalue weighted by Gasteiger charge is 2.26. The number of hydrogen-bond acceptors (Lipinski definition) is 3. The summed E-state index contributed by atoms with van der Waals surface area (Å²) >= 11 is 0. The Kier molecular flexibility index (Phi) is 12.0. The summed E-state index contributed by atoms with van der Waals surface area (Å²) in [5.74, 6) is -0.347. The third-order valence-corrected chi connectivity index (χ3v) is 5.11. The van der Waals surface area contributed by atoms with E-state index in [-0.39, 0.29) is 11.7 Å². The van der Waals surface area contributed by atoms with Crippen molar-refractivity contribution < 1.29 is 22.2 Å². The predicted octanol–water partition coefficient (Wildman–Crippen LogP) is 2.37. The second kappa shape index (κ2) is 12.4.